The molecule has 0 spiro atoms. The van der Waals surface area contributed by atoms with E-state index in [1.807, 2.05) is 6.20 Å². The molecule has 1 fully saturated rings. The van der Waals surface area contributed by atoms with Gasteiger partial charge < -0.3 is 9.88 Å². The summed E-state index contributed by atoms with van der Waals surface area (Å²) >= 11 is 0. The normalized spacial score (nSPS) is 20.2. The van der Waals surface area contributed by atoms with Crippen LogP contribution in [0.15, 0.2) is 12.4 Å². The van der Waals surface area contributed by atoms with Gasteiger partial charge in [0.25, 0.3) is 0 Å². The van der Waals surface area contributed by atoms with Crippen molar-refractivity contribution in [2.75, 3.05) is 5.32 Å². The van der Waals surface area contributed by atoms with Gasteiger partial charge in [-0.3, -0.25) is 0 Å². The minimum absolute atomic E-state index is 0.500. The summed E-state index contributed by atoms with van der Waals surface area (Å²) < 4.78 is 2.37. The van der Waals surface area contributed by atoms with Gasteiger partial charge in [-0.15, -0.1) is 0 Å². The van der Waals surface area contributed by atoms with Gasteiger partial charge in [-0.1, -0.05) is 39.5 Å². The van der Waals surface area contributed by atoms with Crippen LogP contribution in [0.25, 0.3) is 0 Å². The first-order valence-corrected chi connectivity index (χ1v) is 8.00. The van der Waals surface area contributed by atoms with E-state index in [4.69, 9.17) is 0 Å². The Bertz CT molecular complexity index is 366. The fraction of sp³-hybridized carbons (Fsp3) is 0.812. The Morgan fingerprint density at radius 2 is 2.05 bits per heavy atom. The topological polar surface area (TPSA) is 29.9 Å². The van der Waals surface area contributed by atoms with Crippen molar-refractivity contribution in [3.05, 3.63) is 12.4 Å². The highest BCUT2D eigenvalue weighted by Gasteiger charge is 2.18. The third kappa shape index (κ3) is 3.99. The molecule has 0 amide bonds. The van der Waals surface area contributed by atoms with Gasteiger partial charge in [0.1, 0.15) is 0 Å². The fourth-order valence-corrected chi connectivity index (χ4v) is 3.13. The Labute approximate surface area is 117 Å². The largest absolute Gasteiger partial charge is 0.353 e. The molecule has 1 aliphatic rings. The van der Waals surface area contributed by atoms with Crippen molar-refractivity contribution >= 4 is 5.95 Å². The van der Waals surface area contributed by atoms with Gasteiger partial charge in [0.15, 0.2) is 0 Å². The van der Waals surface area contributed by atoms with Gasteiger partial charge in [-0.25, -0.2) is 4.98 Å². The maximum absolute atomic E-state index is 4.52. The fourth-order valence-electron chi connectivity index (χ4n) is 3.13. The number of aromatic nitrogens is 2. The van der Waals surface area contributed by atoms with Crippen LogP contribution in [0.3, 0.4) is 0 Å². The molecule has 3 nitrogen and oxygen atoms in total. The average molecular weight is 263 g/mol. The lowest BCUT2D eigenvalue weighted by atomic mass is 9.95. The lowest BCUT2D eigenvalue weighted by Crippen LogP contribution is -2.22. The molecule has 0 aromatic carbocycles. The molecule has 108 valence electrons. The van der Waals surface area contributed by atoms with Gasteiger partial charge in [-0.2, -0.15) is 0 Å². The maximum Gasteiger partial charge on any atom is 0.203 e. The summed E-state index contributed by atoms with van der Waals surface area (Å²) in [5.74, 6) is 1.85. The summed E-state index contributed by atoms with van der Waals surface area (Å²) in [4.78, 5) is 4.52. The van der Waals surface area contributed by atoms with E-state index in [0.717, 1.165) is 11.9 Å². The van der Waals surface area contributed by atoms with E-state index in [1.54, 1.807) is 0 Å². The Morgan fingerprint density at radius 3 is 2.74 bits per heavy atom. The number of nitrogens with zero attached hydrogens (tertiary/aromatic N) is 2. The SMILES string of the molecule is CCC(C)CC(C)Nc1nccn1C1CCCCC1. The summed E-state index contributed by atoms with van der Waals surface area (Å²) in [7, 11) is 0. The van der Waals surface area contributed by atoms with Crippen LogP contribution >= 0.6 is 0 Å². The second kappa shape index (κ2) is 6.97. The van der Waals surface area contributed by atoms with E-state index in [1.165, 1.54) is 44.9 Å². The third-order valence-electron chi connectivity index (χ3n) is 4.47. The predicted octanol–water partition coefficient (Wildman–Crippen LogP) is 4.62. The minimum Gasteiger partial charge on any atom is -0.353 e. The number of rotatable bonds is 6. The lowest BCUT2D eigenvalue weighted by Gasteiger charge is -2.26. The smallest absolute Gasteiger partial charge is 0.203 e. The molecule has 0 saturated heterocycles. The van der Waals surface area contributed by atoms with Crippen LogP contribution in [0.5, 0.6) is 0 Å². The van der Waals surface area contributed by atoms with Crippen LogP contribution in [0.1, 0.15) is 71.8 Å². The van der Waals surface area contributed by atoms with Crippen LogP contribution in [0.4, 0.5) is 5.95 Å². The zero-order valence-corrected chi connectivity index (χ0v) is 12.7. The Balaban J connectivity index is 1.95. The van der Waals surface area contributed by atoms with Gasteiger partial charge in [0.05, 0.1) is 0 Å². The van der Waals surface area contributed by atoms with Crippen molar-refractivity contribution in [2.24, 2.45) is 5.92 Å². The van der Waals surface area contributed by atoms with Crippen LogP contribution in [0.2, 0.25) is 0 Å². The summed E-state index contributed by atoms with van der Waals surface area (Å²) in [5, 5.41) is 3.60. The number of hydrogen-bond acceptors (Lipinski definition) is 2. The zero-order valence-electron chi connectivity index (χ0n) is 12.7. The van der Waals surface area contributed by atoms with Gasteiger partial charge in [0, 0.05) is 24.5 Å². The number of anilines is 1. The standard InChI is InChI=1S/C16H29N3/c1-4-13(2)12-14(3)18-16-17-10-11-19(16)15-8-6-5-7-9-15/h10-11,13-15H,4-9,12H2,1-3H3,(H,17,18). The molecule has 1 aromatic heterocycles. The summed E-state index contributed by atoms with van der Waals surface area (Å²) in [6, 6.07) is 1.16. The third-order valence-corrected chi connectivity index (χ3v) is 4.47. The van der Waals surface area contributed by atoms with Crippen molar-refractivity contribution in [3.63, 3.8) is 0 Å². The van der Waals surface area contributed by atoms with Crippen LogP contribution in [0, 0.1) is 5.92 Å². The molecule has 2 atom stereocenters. The van der Waals surface area contributed by atoms with E-state index in [2.05, 4.69) is 41.8 Å². The average Bonchev–Trinajstić information content (AvgIpc) is 2.87. The Hall–Kier alpha value is -0.990. The predicted molar refractivity (Wildman–Crippen MR) is 81.5 cm³/mol. The van der Waals surface area contributed by atoms with Crippen molar-refractivity contribution in [3.8, 4) is 0 Å². The first kappa shape index (κ1) is 14.4. The van der Waals surface area contributed by atoms with Crippen molar-refractivity contribution in [2.45, 2.75) is 77.8 Å². The van der Waals surface area contributed by atoms with E-state index >= 15 is 0 Å². The molecular formula is C16H29N3. The molecule has 1 saturated carbocycles. The molecule has 1 heterocycles. The Kier molecular flexibility index (Phi) is 5.29. The minimum atomic E-state index is 0.500. The molecule has 3 heteroatoms. The summed E-state index contributed by atoms with van der Waals surface area (Å²) in [6.07, 6.45) is 13.3. The quantitative estimate of drug-likeness (QED) is 0.811. The maximum atomic E-state index is 4.52. The van der Waals surface area contributed by atoms with Gasteiger partial charge in [0.2, 0.25) is 5.95 Å². The molecule has 0 aliphatic heterocycles. The zero-order chi connectivity index (χ0) is 13.7. The molecule has 1 aliphatic carbocycles. The second-order valence-corrected chi connectivity index (χ2v) is 6.24. The molecule has 1 N–H and O–H groups in total. The van der Waals surface area contributed by atoms with E-state index in [-0.39, 0.29) is 0 Å². The molecular weight excluding hydrogens is 234 g/mol. The van der Waals surface area contributed by atoms with Gasteiger partial charge in [-0.05, 0) is 32.1 Å². The molecule has 0 radical (unpaired) electrons. The second-order valence-electron chi connectivity index (χ2n) is 6.24. The Morgan fingerprint density at radius 1 is 1.32 bits per heavy atom. The highest BCUT2D eigenvalue weighted by atomic mass is 15.2. The van der Waals surface area contributed by atoms with E-state index in [9.17, 15) is 0 Å². The van der Waals surface area contributed by atoms with Crippen molar-refractivity contribution in [1.29, 1.82) is 0 Å². The number of imidazole rings is 1. The van der Waals surface area contributed by atoms with Gasteiger partial charge >= 0.3 is 0 Å². The van der Waals surface area contributed by atoms with Crippen LogP contribution in [-0.4, -0.2) is 15.6 Å². The lowest BCUT2D eigenvalue weighted by molar-refractivity contribution is 0.354. The van der Waals surface area contributed by atoms with Crippen LogP contribution < -0.4 is 5.32 Å². The molecule has 0 bridgehead atoms. The summed E-state index contributed by atoms with van der Waals surface area (Å²) in [6.45, 7) is 6.86. The molecule has 2 unspecified atom stereocenters. The number of hydrogen-bond donors (Lipinski definition) is 1. The highest BCUT2D eigenvalue weighted by molar-refractivity contribution is 5.28. The first-order chi connectivity index (χ1) is 9.20. The van der Waals surface area contributed by atoms with E-state index < -0.39 is 0 Å². The van der Waals surface area contributed by atoms with Crippen molar-refractivity contribution < 1.29 is 0 Å². The number of nitrogens with one attached hydrogen (secondary N) is 1. The summed E-state index contributed by atoms with van der Waals surface area (Å²) in [5.41, 5.74) is 0. The molecule has 19 heavy (non-hydrogen) atoms. The molecule has 2 rings (SSSR count). The van der Waals surface area contributed by atoms with Crippen LogP contribution in [-0.2, 0) is 0 Å². The monoisotopic (exact) mass is 263 g/mol. The molecule has 1 aromatic rings. The highest BCUT2D eigenvalue weighted by Crippen LogP contribution is 2.30. The first-order valence-electron chi connectivity index (χ1n) is 8.00. The van der Waals surface area contributed by atoms with Crippen molar-refractivity contribution in [1.82, 2.24) is 9.55 Å². The van der Waals surface area contributed by atoms with E-state index in [0.29, 0.717) is 12.1 Å².